The fourth-order valence-corrected chi connectivity index (χ4v) is 3.90. The van der Waals surface area contributed by atoms with Crippen molar-refractivity contribution in [2.24, 2.45) is 0 Å². The van der Waals surface area contributed by atoms with Crippen molar-refractivity contribution in [3.05, 3.63) is 11.6 Å². The smallest absolute Gasteiger partial charge is 0.386 e. The van der Waals surface area contributed by atoms with Gasteiger partial charge in [-0.15, -0.1) is 0 Å². The van der Waals surface area contributed by atoms with Crippen LogP contribution in [-0.4, -0.2) is 54.4 Å². The molecular formula is C10H11ClN5O6P. The van der Waals surface area contributed by atoms with E-state index in [1.54, 1.807) is 0 Å². The minimum Gasteiger partial charge on any atom is -0.386 e. The SMILES string of the molecule is Nc1ncnc2c1nc(Cl)n2[C@@H]1O[C@@H]2COP(=O)(O)O[C@H]2[C@@H]1O. The van der Waals surface area contributed by atoms with Gasteiger partial charge >= 0.3 is 7.82 Å². The summed E-state index contributed by atoms with van der Waals surface area (Å²) in [6.07, 6.45) is -2.87. The molecule has 0 amide bonds. The van der Waals surface area contributed by atoms with E-state index in [1.165, 1.54) is 10.9 Å². The van der Waals surface area contributed by atoms with Gasteiger partial charge in [0.2, 0.25) is 5.28 Å². The third-order valence-corrected chi connectivity index (χ3v) is 4.93. The zero-order chi connectivity index (χ0) is 16.4. The molecule has 1 unspecified atom stereocenters. The van der Waals surface area contributed by atoms with Gasteiger partial charge in [0.05, 0.1) is 6.61 Å². The third kappa shape index (κ3) is 2.32. The van der Waals surface area contributed by atoms with Crippen LogP contribution in [0.5, 0.6) is 0 Å². The molecule has 4 heterocycles. The number of aliphatic hydroxyl groups is 1. The number of nitrogens with two attached hydrogens (primary N) is 1. The van der Waals surface area contributed by atoms with Crippen molar-refractivity contribution >= 4 is 36.4 Å². The molecule has 2 aliphatic heterocycles. The van der Waals surface area contributed by atoms with Crippen molar-refractivity contribution in [2.75, 3.05) is 12.3 Å². The standard InChI is InChI=1S/C10H11ClN5O6P/c11-10-15-4-7(12)13-2-14-8(4)16(10)9-5(17)6-3(21-9)1-20-23(18,19)22-6/h2-3,5-6,9,17H,1H2,(H,18,19)(H2,12,13,14)/t3-,5+,6-,9-/m1/s1. The summed E-state index contributed by atoms with van der Waals surface area (Å²) in [6, 6.07) is 0. The molecule has 2 fully saturated rings. The maximum atomic E-state index is 11.5. The van der Waals surface area contributed by atoms with Crippen LogP contribution < -0.4 is 5.73 Å². The number of phosphoric ester groups is 1. The van der Waals surface area contributed by atoms with Crippen LogP contribution in [0.25, 0.3) is 11.2 Å². The molecule has 0 saturated carbocycles. The summed E-state index contributed by atoms with van der Waals surface area (Å²) in [5.74, 6) is 0.125. The lowest BCUT2D eigenvalue weighted by molar-refractivity contribution is -0.0663. The molecule has 5 atom stereocenters. The molecular weight excluding hydrogens is 353 g/mol. The Kier molecular flexibility index (Phi) is 3.36. The Hall–Kier alpha value is -1.33. The number of anilines is 1. The minimum absolute atomic E-state index is 0.0250. The van der Waals surface area contributed by atoms with Crippen molar-refractivity contribution in [3.63, 3.8) is 0 Å². The van der Waals surface area contributed by atoms with E-state index in [0.717, 1.165) is 0 Å². The normalized spacial score (nSPS) is 37.2. The first-order valence-corrected chi connectivity index (χ1v) is 8.38. The second kappa shape index (κ2) is 5.08. The van der Waals surface area contributed by atoms with Gasteiger partial charge in [-0.05, 0) is 11.6 Å². The number of nitrogen functional groups attached to an aromatic ring is 1. The van der Waals surface area contributed by atoms with Crippen molar-refractivity contribution in [3.8, 4) is 0 Å². The Morgan fingerprint density at radius 2 is 2.26 bits per heavy atom. The number of halogens is 1. The number of nitrogens with zero attached hydrogens (tertiary/aromatic N) is 4. The van der Waals surface area contributed by atoms with Crippen molar-refractivity contribution in [1.29, 1.82) is 0 Å². The molecule has 0 aliphatic carbocycles. The van der Waals surface area contributed by atoms with Crippen LogP contribution >= 0.6 is 19.4 Å². The number of rotatable bonds is 1. The number of ether oxygens (including phenoxy) is 1. The summed E-state index contributed by atoms with van der Waals surface area (Å²) in [6.45, 7) is -0.201. The van der Waals surface area contributed by atoms with E-state index in [2.05, 4.69) is 19.5 Å². The van der Waals surface area contributed by atoms with Gasteiger partial charge in [-0.1, -0.05) is 0 Å². The van der Waals surface area contributed by atoms with E-state index in [9.17, 15) is 14.6 Å². The molecule has 124 valence electrons. The van der Waals surface area contributed by atoms with Crippen LogP contribution in [0.3, 0.4) is 0 Å². The van der Waals surface area contributed by atoms with Crippen molar-refractivity contribution in [2.45, 2.75) is 24.5 Å². The molecule has 0 spiro atoms. The van der Waals surface area contributed by atoms with Crippen LogP contribution in [0.4, 0.5) is 5.82 Å². The first-order valence-electron chi connectivity index (χ1n) is 6.50. The number of imidazole rings is 1. The van der Waals surface area contributed by atoms with Crippen LogP contribution in [0, 0.1) is 0 Å². The van der Waals surface area contributed by atoms with Gasteiger partial charge in [0.15, 0.2) is 23.2 Å². The molecule has 2 aliphatic rings. The Balaban J connectivity index is 1.76. The van der Waals surface area contributed by atoms with Crippen LogP contribution in [0.1, 0.15) is 6.23 Å². The minimum atomic E-state index is -4.21. The van der Waals surface area contributed by atoms with Crippen LogP contribution in [0.2, 0.25) is 5.28 Å². The summed E-state index contributed by atoms with van der Waals surface area (Å²) >= 11 is 6.10. The topological polar surface area (TPSA) is 155 Å². The summed E-state index contributed by atoms with van der Waals surface area (Å²) in [5, 5.41) is 10.4. The van der Waals surface area contributed by atoms with Gasteiger partial charge in [-0.25, -0.2) is 19.5 Å². The van der Waals surface area contributed by atoms with Gasteiger partial charge in [-0.2, -0.15) is 0 Å². The van der Waals surface area contributed by atoms with Crippen LogP contribution in [0.15, 0.2) is 6.33 Å². The first kappa shape index (κ1) is 15.2. The number of aromatic nitrogens is 4. The highest BCUT2D eigenvalue weighted by atomic mass is 35.5. The maximum absolute atomic E-state index is 11.5. The molecule has 0 radical (unpaired) electrons. The van der Waals surface area contributed by atoms with E-state index in [0.29, 0.717) is 0 Å². The molecule has 0 bridgehead atoms. The fraction of sp³-hybridized carbons (Fsp3) is 0.500. The molecule has 4 N–H and O–H groups in total. The highest BCUT2D eigenvalue weighted by molar-refractivity contribution is 7.47. The monoisotopic (exact) mass is 363 g/mol. The lowest BCUT2D eigenvalue weighted by Gasteiger charge is -2.27. The summed E-state index contributed by atoms with van der Waals surface area (Å²) in [4.78, 5) is 21.3. The predicted octanol–water partition coefficient (Wildman–Crippen LogP) is -0.164. The van der Waals surface area contributed by atoms with Crippen LogP contribution in [-0.2, 0) is 18.3 Å². The summed E-state index contributed by atoms with van der Waals surface area (Å²) in [7, 11) is -4.21. The van der Waals surface area contributed by atoms with Crippen molar-refractivity contribution in [1.82, 2.24) is 19.5 Å². The average Bonchev–Trinajstić information content (AvgIpc) is 2.97. The van der Waals surface area contributed by atoms with Crippen molar-refractivity contribution < 1.29 is 28.3 Å². The first-order chi connectivity index (χ1) is 10.9. The van der Waals surface area contributed by atoms with E-state index < -0.39 is 32.4 Å². The number of hydrogen-bond acceptors (Lipinski definition) is 9. The maximum Gasteiger partial charge on any atom is 0.472 e. The van der Waals surface area contributed by atoms with E-state index in [4.69, 9.17) is 26.6 Å². The van der Waals surface area contributed by atoms with E-state index in [-0.39, 0.29) is 28.9 Å². The Labute approximate surface area is 133 Å². The second-order valence-electron chi connectivity index (χ2n) is 5.07. The van der Waals surface area contributed by atoms with E-state index >= 15 is 0 Å². The zero-order valence-electron chi connectivity index (χ0n) is 11.3. The highest BCUT2D eigenvalue weighted by Gasteiger charge is 2.53. The molecule has 0 aromatic carbocycles. The molecule has 23 heavy (non-hydrogen) atoms. The zero-order valence-corrected chi connectivity index (χ0v) is 13.0. The second-order valence-corrected chi connectivity index (χ2v) is 6.82. The molecule has 13 heteroatoms. The number of fused-ring (bicyclic) bond motifs is 2. The number of aliphatic hydroxyl groups excluding tert-OH is 1. The van der Waals surface area contributed by atoms with Gasteiger partial charge in [0.25, 0.3) is 0 Å². The predicted molar refractivity (Wildman–Crippen MR) is 75.3 cm³/mol. The third-order valence-electron chi connectivity index (χ3n) is 3.68. The number of hydrogen-bond donors (Lipinski definition) is 3. The molecule has 2 saturated heterocycles. The molecule has 2 aromatic rings. The molecule has 11 nitrogen and oxygen atoms in total. The van der Waals surface area contributed by atoms with Gasteiger partial charge in [0, 0.05) is 0 Å². The Morgan fingerprint density at radius 3 is 3.04 bits per heavy atom. The largest absolute Gasteiger partial charge is 0.472 e. The quantitative estimate of drug-likeness (QED) is 0.459. The summed E-state index contributed by atoms with van der Waals surface area (Å²) < 4.78 is 28.0. The summed E-state index contributed by atoms with van der Waals surface area (Å²) in [5.41, 5.74) is 6.24. The Bertz CT molecular complexity index is 831. The number of phosphoric acid groups is 1. The fourth-order valence-electron chi connectivity index (χ4n) is 2.67. The van der Waals surface area contributed by atoms with Gasteiger partial charge in [-0.3, -0.25) is 13.6 Å². The van der Waals surface area contributed by atoms with Gasteiger partial charge in [0.1, 0.15) is 24.6 Å². The molecule has 4 rings (SSSR count). The highest BCUT2D eigenvalue weighted by Crippen LogP contribution is 2.52. The van der Waals surface area contributed by atoms with E-state index in [1.807, 2.05) is 0 Å². The molecule has 2 aromatic heterocycles. The lowest BCUT2D eigenvalue weighted by Crippen LogP contribution is -2.39. The van der Waals surface area contributed by atoms with Gasteiger partial charge < -0.3 is 20.5 Å². The average molecular weight is 364 g/mol. The Morgan fingerprint density at radius 1 is 1.48 bits per heavy atom. The lowest BCUT2D eigenvalue weighted by atomic mass is 10.1.